The average molecular weight is 569 g/mol. The first-order chi connectivity index (χ1) is 18.4. The Morgan fingerprint density at radius 2 is 1.08 bits per heavy atom. The third-order valence-corrected chi connectivity index (χ3v) is 8.98. The minimum absolute atomic E-state index is 0.311. The van der Waals surface area contributed by atoms with E-state index in [2.05, 4.69) is 54.6 Å². The molecule has 0 saturated carbocycles. The zero-order valence-corrected chi connectivity index (χ0v) is 24.0. The average Bonchev–Trinajstić information content (AvgIpc) is 2.93. The predicted molar refractivity (Wildman–Crippen MR) is 155 cm³/mol. The number of hydrogen-bond donors (Lipinski definition) is 0. The molecule has 9 heteroatoms. The Morgan fingerprint density at radius 3 is 1.68 bits per heavy atom. The summed E-state index contributed by atoms with van der Waals surface area (Å²) in [5.41, 5.74) is 2.73. The van der Waals surface area contributed by atoms with Gasteiger partial charge in [0.25, 0.3) is 0 Å². The van der Waals surface area contributed by atoms with Crippen LogP contribution in [0, 0.1) is 5.92 Å². The fourth-order valence-electron chi connectivity index (χ4n) is 3.42. The second-order valence-electron chi connectivity index (χ2n) is 8.42. The van der Waals surface area contributed by atoms with Gasteiger partial charge in [0.15, 0.2) is 0 Å². The minimum Gasteiger partial charge on any atom is -0.379 e. The maximum Gasteiger partial charge on any atom is 0.0701 e. The fourth-order valence-corrected chi connectivity index (χ4v) is 6.97. The minimum atomic E-state index is 0.311. The molecule has 6 nitrogen and oxygen atoms in total. The maximum absolute atomic E-state index is 5.92. The van der Waals surface area contributed by atoms with E-state index in [1.807, 2.05) is 33.3 Å². The molecule has 2 aromatic carbocycles. The highest BCUT2D eigenvalue weighted by molar-refractivity contribution is 8.76. The molecule has 0 bridgehead atoms. The Morgan fingerprint density at radius 1 is 0.568 bits per heavy atom. The molecular formula is C28H40O6S3. The number of benzene rings is 2. The predicted octanol–water partition coefficient (Wildman–Crippen LogP) is 5.59. The topological polar surface area (TPSA) is 55.4 Å². The first-order valence-electron chi connectivity index (χ1n) is 12.9. The summed E-state index contributed by atoms with van der Waals surface area (Å²) in [6.07, 6.45) is 0. The Kier molecular flexibility index (Phi) is 17.6. The van der Waals surface area contributed by atoms with Crippen molar-refractivity contribution in [2.75, 3.05) is 85.0 Å². The molecule has 1 saturated heterocycles. The molecule has 0 N–H and O–H groups in total. The van der Waals surface area contributed by atoms with E-state index in [4.69, 9.17) is 28.4 Å². The van der Waals surface area contributed by atoms with Crippen LogP contribution in [0.15, 0.2) is 59.5 Å². The van der Waals surface area contributed by atoms with Crippen LogP contribution in [0.4, 0.5) is 0 Å². The molecule has 1 fully saturated rings. The van der Waals surface area contributed by atoms with Gasteiger partial charge in [-0.15, -0.1) is 0 Å². The van der Waals surface area contributed by atoms with Crippen LogP contribution in [0.5, 0.6) is 0 Å². The van der Waals surface area contributed by atoms with E-state index in [1.54, 1.807) is 0 Å². The van der Waals surface area contributed by atoms with Crippen LogP contribution in [-0.2, 0) is 39.9 Å². The molecule has 206 valence electrons. The Labute approximate surface area is 234 Å². The SMILES string of the molecule is c1ccc(CSSc2ccccc2CSCC2COCCOCCOCCOCCOCCOC2)cc1. The van der Waals surface area contributed by atoms with E-state index in [0.29, 0.717) is 85.2 Å². The van der Waals surface area contributed by atoms with E-state index in [0.717, 1.165) is 17.3 Å². The molecule has 2 aromatic rings. The highest BCUT2D eigenvalue weighted by Gasteiger charge is 2.12. The van der Waals surface area contributed by atoms with Crippen molar-refractivity contribution in [3.8, 4) is 0 Å². The number of thioether (sulfide) groups is 1. The van der Waals surface area contributed by atoms with Gasteiger partial charge in [0, 0.05) is 28.1 Å². The van der Waals surface area contributed by atoms with Crippen molar-refractivity contribution in [3.05, 3.63) is 65.7 Å². The molecule has 0 unspecified atom stereocenters. The molecule has 1 heterocycles. The van der Waals surface area contributed by atoms with Crippen LogP contribution in [0.2, 0.25) is 0 Å². The molecule has 0 amide bonds. The highest BCUT2D eigenvalue weighted by atomic mass is 33.1. The monoisotopic (exact) mass is 568 g/mol. The van der Waals surface area contributed by atoms with Crippen LogP contribution in [-0.4, -0.2) is 85.0 Å². The van der Waals surface area contributed by atoms with Gasteiger partial charge in [-0.3, -0.25) is 0 Å². The van der Waals surface area contributed by atoms with E-state index in [1.165, 1.54) is 16.0 Å². The molecule has 37 heavy (non-hydrogen) atoms. The van der Waals surface area contributed by atoms with Crippen molar-refractivity contribution >= 4 is 33.3 Å². The lowest BCUT2D eigenvalue weighted by Gasteiger charge is -2.18. The van der Waals surface area contributed by atoms with Crippen LogP contribution in [0.25, 0.3) is 0 Å². The van der Waals surface area contributed by atoms with Crippen LogP contribution in [0.1, 0.15) is 11.1 Å². The zero-order valence-electron chi connectivity index (χ0n) is 21.6. The van der Waals surface area contributed by atoms with Gasteiger partial charge in [-0.25, -0.2) is 0 Å². The molecule has 0 aromatic heterocycles. The number of ether oxygens (including phenoxy) is 6. The molecule has 0 spiro atoms. The summed E-state index contributed by atoms with van der Waals surface area (Å²) in [6, 6.07) is 19.3. The van der Waals surface area contributed by atoms with Crippen LogP contribution in [0.3, 0.4) is 0 Å². The fraction of sp³-hybridized carbons (Fsp3) is 0.571. The number of hydrogen-bond acceptors (Lipinski definition) is 9. The normalized spacial score (nSPS) is 18.5. The van der Waals surface area contributed by atoms with Crippen molar-refractivity contribution in [2.24, 2.45) is 5.92 Å². The van der Waals surface area contributed by atoms with E-state index >= 15 is 0 Å². The zero-order chi connectivity index (χ0) is 25.6. The lowest BCUT2D eigenvalue weighted by Crippen LogP contribution is -2.22. The van der Waals surface area contributed by atoms with Gasteiger partial charge in [0.2, 0.25) is 0 Å². The van der Waals surface area contributed by atoms with Crippen LogP contribution < -0.4 is 0 Å². The second-order valence-corrected chi connectivity index (χ2v) is 11.8. The van der Waals surface area contributed by atoms with Gasteiger partial charge in [0.05, 0.1) is 79.3 Å². The molecule has 0 atom stereocenters. The second kappa shape index (κ2) is 21.1. The van der Waals surface area contributed by atoms with Crippen molar-refractivity contribution in [1.29, 1.82) is 0 Å². The molecular weight excluding hydrogens is 529 g/mol. The summed E-state index contributed by atoms with van der Waals surface area (Å²) in [4.78, 5) is 1.34. The van der Waals surface area contributed by atoms with Crippen molar-refractivity contribution in [1.82, 2.24) is 0 Å². The van der Waals surface area contributed by atoms with Gasteiger partial charge in [-0.05, 0) is 17.2 Å². The van der Waals surface area contributed by atoms with Gasteiger partial charge in [-0.2, -0.15) is 11.8 Å². The van der Waals surface area contributed by atoms with Crippen LogP contribution >= 0.6 is 33.3 Å². The first-order valence-corrected chi connectivity index (χ1v) is 16.3. The maximum atomic E-state index is 5.92. The van der Waals surface area contributed by atoms with Gasteiger partial charge in [-0.1, -0.05) is 70.1 Å². The summed E-state index contributed by atoms with van der Waals surface area (Å²) >= 11 is 1.94. The van der Waals surface area contributed by atoms with Crippen molar-refractivity contribution in [2.45, 2.75) is 16.4 Å². The molecule has 3 rings (SSSR count). The lowest BCUT2D eigenvalue weighted by molar-refractivity contribution is -0.0122. The molecule has 0 radical (unpaired) electrons. The van der Waals surface area contributed by atoms with Crippen molar-refractivity contribution < 1.29 is 28.4 Å². The summed E-state index contributed by atoms with van der Waals surface area (Å²) < 4.78 is 34.0. The first kappa shape index (κ1) is 30.8. The Balaban J connectivity index is 1.40. The Hall–Kier alpha value is -0.750. The molecule has 0 aliphatic carbocycles. The third kappa shape index (κ3) is 14.8. The standard InChI is InChI=1S/C28H40O6S3/c1-2-6-25(7-3-1)23-36-37-28-9-5-4-8-27(28)24-35-22-26-20-33-18-16-31-14-12-29-10-11-30-13-15-32-17-19-34-21-26/h1-9,26H,10-24H2. The third-order valence-electron chi connectivity index (χ3n) is 5.37. The quantitative estimate of drug-likeness (QED) is 0.379. The summed E-state index contributed by atoms with van der Waals surface area (Å²) in [7, 11) is 3.75. The lowest BCUT2D eigenvalue weighted by atomic mass is 10.2. The van der Waals surface area contributed by atoms with E-state index in [-0.39, 0.29) is 0 Å². The summed E-state index contributed by atoms with van der Waals surface area (Å²) in [6.45, 7) is 7.00. The summed E-state index contributed by atoms with van der Waals surface area (Å²) in [5, 5.41) is 0. The number of rotatable bonds is 8. The Bertz CT molecular complexity index is 794. The largest absolute Gasteiger partial charge is 0.379 e. The molecule has 1 aliphatic heterocycles. The summed E-state index contributed by atoms with van der Waals surface area (Å²) in [5.74, 6) is 3.25. The van der Waals surface area contributed by atoms with Gasteiger partial charge in [0.1, 0.15) is 0 Å². The van der Waals surface area contributed by atoms with Crippen molar-refractivity contribution in [3.63, 3.8) is 0 Å². The smallest absolute Gasteiger partial charge is 0.0701 e. The van der Waals surface area contributed by atoms with Gasteiger partial charge >= 0.3 is 0 Å². The highest BCUT2D eigenvalue weighted by Crippen LogP contribution is 2.37. The van der Waals surface area contributed by atoms with E-state index < -0.39 is 0 Å². The van der Waals surface area contributed by atoms with E-state index in [9.17, 15) is 0 Å². The molecule has 1 aliphatic rings. The van der Waals surface area contributed by atoms with Gasteiger partial charge < -0.3 is 28.4 Å².